The first kappa shape index (κ1) is 31.9. The number of benzene rings is 5. The minimum absolute atomic E-state index is 0.0586. The molecule has 5 aromatic carbocycles. The lowest BCUT2D eigenvalue weighted by Crippen LogP contribution is -2.40. The molecule has 6 aromatic rings. The number of phenolic OH excluding ortho intramolecular Hbond substituents is 1. The molecule has 49 heavy (non-hydrogen) atoms. The third kappa shape index (κ3) is 6.34. The molecule has 7 rings (SSSR count). The van der Waals surface area contributed by atoms with Crippen molar-refractivity contribution in [2.75, 3.05) is 12.4 Å². The van der Waals surface area contributed by atoms with Gasteiger partial charge in [0, 0.05) is 16.3 Å². The number of nitrogens with zero attached hydrogens (tertiary/aromatic N) is 2. The molecule has 1 atom stereocenters. The van der Waals surface area contributed by atoms with Gasteiger partial charge in [0.2, 0.25) is 0 Å². The first-order valence-corrected chi connectivity index (χ1v) is 16.6. The van der Waals surface area contributed by atoms with Gasteiger partial charge < -0.3 is 19.9 Å². The fraction of sp³-hybridized carbons (Fsp3) is 0.103. The van der Waals surface area contributed by atoms with Crippen LogP contribution in [0.2, 0.25) is 5.02 Å². The fourth-order valence-corrected chi connectivity index (χ4v) is 7.09. The summed E-state index contributed by atoms with van der Waals surface area (Å²) in [6.45, 7) is 2.06. The second kappa shape index (κ2) is 13.5. The number of methoxy groups -OCH3 is 1. The van der Waals surface area contributed by atoms with Crippen LogP contribution in [-0.4, -0.2) is 22.7 Å². The largest absolute Gasteiger partial charge is 0.504 e. The van der Waals surface area contributed by atoms with Crippen molar-refractivity contribution in [3.63, 3.8) is 0 Å². The van der Waals surface area contributed by atoms with Crippen molar-refractivity contribution in [2.45, 2.75) is 19.6 Å². The van der Waals surface area contributed by atoms with E-state index >= 15 is 0 Å². The topological polar surface area (TPSA) is 102 Å². The molecule has 0 saturated heterocycles. The molecule has 0 saturated carbocycles. The highest BCUT2D eigenvalue weighted by atomic mass is 35.5. The molecule has 0 fully saturated rings. The molecule has 0 spiro atoms. The Labute approximate surface area is 290 Å². The van der Waals surface area contributed by atoms with Gasteiger partial charge in [-0.05, 0) is 77.4 Å². The minimum Gasteiger partial charge on any atom is -0.504 e. The Balaban J connectivity index is 1.38. The van der Waals surface area contributed by atoms with E-state index in [0.717, 1.165) is 21.9 Å². The molecule has 2 heterocycles. The maximum Gasteiger partial charge on any atom is 0.271 e. The molecule has 1 amide bonds. The summed E-state index contributed by atoms with van der Waals surface area (Å²) in [4.78, 5) is 33.7. The predicted octanol–water partition coefficient (Wildman–Crippen LogP) is 6.97. The number of nitrogens with one attached hydrogen (secondary N) is 1. The molecule has 1 aromatic heterocycles. The van der Waals surface area contributed by atoms with E-state index in [1.807, 2.05) is 84.9 Å². The smallest absolute Gasteiger partial charge is 0.271 e. The van der Waals surface area contributed by atoms with Crippen LogP contribution in [0.1, 0.15) is 29.7 Å². The van der Waals surface area contributed by atoms with Crippen LogP contribution in [0, 0.1) is 0 Å². The van der Waals surface area contributed by atoms with Crippen molar-refractivity contribution in [2.24, 2.45) is 4.99 Å². The quantitative estimate of drug-likeness (QED) is 0.180. The predicted molar refractivity (Wildman–Crippen MR) is 193 cm³/mol. The zero-order chi connectivity index (χ0) is 34.1. The number of halogens is 1. The van der Waals surface area contributed by atoms with E-state index < -0.39 is 11.9 Å². The Morgan fingerprint density at radius 3 is 2.51 bits per heavy atom. The van der Waals surface area contributed by atoms with Gasteiger partial charge in [-0.15, -0.1) is 0 Å². The Morgan fingerprint density at radius 2 is 1.73 bits per heavy atom. The lowest BCUT2D eigenvalue weighted by molar-refractivity contribution is -0.113. The molecule has 0 unspecified atom stereocenters. The monoisotopic (exact) mass is 687 g/mol. The summed E-state index contributed by atoms with van der Waals surface area (Å²) in [5.74, 6) is 0.371. The number of anilines is 1. The summed E-state index contributed by atoms with van der Waals surface area (Å²) in [5, 5.41) is 15.9. The van der Waals surface area contributed by atoms with E-state index in [4.69, 9.17) is 26.1 Å². The molecule has 0 bridgehead atoms. The Morgan fingerprint density at radius 1 is 0.980 bits per heavy atom. The molecule has 244 valence electrons. The molecule has 0 aliphatic carbocycles. The van der Waals surface area contributed by atoms with Gasteiger partial charge in [0.25, 0.3) is 11.5 Å². The van der Waals surface area contributed by atoms with Crippen LogP contribution in [0.3, 0.4) is 0 Å². The highest BCUT2D eigenvalue weighted by molar-refractivity contribution is 7.07. The van der Waals surface area contributed by atoms with Crippen LogP contribution in [0.5, 0.6) is 17.2 Å². The highest BCUT2D eigenvalue weighted by Gasteiger charge is 2.33. The van der Waals surface area contributed by atoms with E-state index in [2.05, 4.69) is 5.32 Å². The SMILES string of the molecule is COc1cc([C@H]2C(C(=O)Nc3ccccc3)=C(C)N=c3s/c(=C\c4c(OCc5ccc(Cl)cc5)ccc5ccccc45)c(=O)n32)ccc1O. The molecule has 8 nitrogen and oxygen atoms in total. The van der Waals surface area contributed by atoms with Crippen LogP contribution in [0.4, 0.5) is 5.69 Å². The molecule has 1 aliphatic heterocycles. The zero-order valence-corrected chi connectivity index (χ0v) is 28.1. The van der Waals surface area contributed by atoms with Crippen LogP contribution in [0.25, 0.3) is 16.8 Å². The number of allylic oxidation sites excluding steroid dienone is 1. The molecule has 10 heteroatoms. The lowest BCUT2D eigenvalue weighted by Gasteiger charge is -2.25. The van der Waals surface area contributed by atoms with Gasteiger partial charge in [-0.2, -0.15) is 0 Å². The van der Waals surface area contributed by atoms with E-state index in [-0.39, 0.29) is 17.1 Å². The molecule has 0 radical (unpaired) electrons. The van der Waals surface area contributed by atoms with E-state index in [9.17, 15) is 14.7 Å². The van der Waals surface area contributed by atoms with Crippen LogP contribution < -0.4 is 29.7 Å². The maximum absolute atomic E-state index is 14.5. The number of hydrogen-bond acceptors (Lipinski definition) is 7. The number of aromatic hydroxyl groups is 1. The van der Waals surface area contributed by atoms with Crippen molar-refractivity contribution in [1.29, 1.82) is 0 Å². The number of aromatic nitrogens is 1. The van der Waals surface area contributed by atoms with Crippen molar-refractivity contribution >= 4 is 51.4 Å². The summed E-state index contributed by atoms with van der Waals surface area (Å²) in [6, 6.07) is 32.3. The fourth-order valence-electron chi connectivity index (χ4n) is 5.93. The van der Waals surface area contributed by atoms with Gasteiger partial charge in [-0.25, -0.2) is 4.99 Å². The number of amides is 1. The summed E-state index contributed by atoms with van der Waals surface area (Å²) < 4.78 is 13.7. The van der Waals surface area contributed by atoms with E-state index in [0.29, 0.717) is 49.2 Å². The number of carbonyl (C=O) groups is 1. The van der Waals surface area contributed by atoms with Gasteiger partial charge in [-0.3, -0.25) is 14.2 Å². The van der Waals surface area contributed by atoms with Gasteiger partial charge in [0.15, 0.2) is 16.3 Å². The lowest BCUT2D eigenvalue weighted by atomic mass is 9.94. The van der Waals surface area contributed by atoms with E-state index in [1.165, 1.54) is 29.1 Å². The molecule has 2 N–H and O–H groups in total. The van der Waals surface area contributed by atoms with E-state index in [1.54, 1.807) is 31.2 Å². The normalized spacial score (nSPS) is 14.3. The van der Waals surface area contributed by atoms with Gasteiger partial charge >= 0.3 is 0 Å². The average molecular weight is 688 g/mol. The van der Waals surface area contributed by atoms with Gasteiger partial charge in [0.1, 0.15) is 12.4 Å². The third-order valence-electron chi connectivity index (χ3n) is 8.33. The number of ether oxygens (including phenoxy) is 2. The molecular weight excluding hydrogens is 658 g/mol. The Bertz CT molecular complexity index is 2440. The second-order valence-corrected chi connectivity index (χ2v) is 12.9. The summed E-state index contributed by atoms with van der Waals surface area (Å²) in [5.41, 5.74) is 3.32. The number of rotatable bonds is 8. The van der Waals surface area contributed by atoms with Crippen molar-refractivity contribution in [3.8, 4) is 17.2 Å². The minimum atomic E-state index is -0.857. The maximum atomic E-state index is 14.5. The standard InChI is InChI=1S/C39H30ClN3O5S/c1-23-35(37(45)42-28-9-4-3-5-10-28)36(26-14-18-31(44)33(20-26)47-2)43-38(46)34(49-39(43)41-23)21-30-29-11-7-6-8-25(29)15-19-32(30)48-22-24-12-16-27(40)17-13-24/h3-21,36,44H,22H2,1-2H3,(H,42,45)/b34-21-/t36-/m0/s1. The van der Waals surface area contributed by atoms with Crippen molar-refractivity contribution < 1.29 is 19.4 Å². The molecule has 1 aliphatic rings. The van der Waals surface area contributed by atoms with Crippen molar-refractivity contribution in [1.82, 2.24) is 4.57 Å². The number of phenols is 1. The van der Waals surface area contributed by atoms with Crippen LogP contribution in [-0.2, 0) is 11.4 Å². The molecular formula is C39H30ClN3O5S. The first-order chi connectivity index (χ1) is 23.8. The van der Waals surface area contributed by atoms with Crippen LogP contribution in [0.15, 0.2) is 130 Å². The Hall–Kier alpha value is -5.64. The first-order valence-electron chi connectivity index (χ1n) is 15.5. The van der Waals surface area contributed by atoms with Crippen molar-refractivity contribution in [3.05, 3.63) is 162 Å². The number of thiazole rings is 1. The Kier molecular flexibility index (Phi) is 8.78. The zero-order valence-electron chi connectivity index (χ0n) is 26.5. The third-order valence-corrected chi connectivity index (χ3v) is 9.57. The number of para-hydroxylation sites is 1. The summed E-state index contributed by atoms with van der Waals surface area (Å²) in [6.07, 6.45) is 1.83. The number of carbonyl (C=O) groups excluding carboxylic acids is 1. The summed E-state index contributed by atoms with van der Waals surface area (Å²) in [7, 11) is 1.45. The second-order valence-electron chi connectivity index (χ2n) is 11.4. The summed E-state index contributed by atoms with van der Waals surface area (Å²) >= 11 is 7.32. The van der Waals surface area contributed by atoms with Gasteiger partial charge in [-0.1, -0.05) is 89.7 Å². The van der Waals surface area contributed by atoms with Crippen LogP contribution >= 0.6 is 22.9 Å². The number of hydrogen-bond donors (Lipinski definition) is 2. The highest BCUT2D eigenvalue weighted by Crippen LogP contribution is 2.36. The number of fused-ring (bicyclic) bond motifs is 2. The average Bonchev–Trinajstić information content (AvgIpc) is 3.42. The van der Waals surface area contributed by atoms with Gasteiger partial charge in [0.05, 0.1) is 29.0 Å².